The van der Waals surface area contributed by atoms with E-state index in [1.165, 1.54) is 30.5 Å². The molecule has 0 radical (unpaired) electrons. The van der Waals surface area contributed by atoms with Crippen LogP contribution >= 0.6 is 0 Å². The molecule has 1 saturated heterocycles. The molecule has 7 nitrogen and oxygen atoms in total. The molecule has 1 unspecified atom stereocenters. The van der Waals surface area contributed by atoms with E-state index < -0.39 is 10.8 Å². The van der Waals surface area contributed by atoms with Crippen molar-refractivity contribution in [2.45, 2.75) is 25.3 Å². The van der Waals surface area contributed by atoms with Gasteiger partial charge in [-0.15, -0.1) is 0 Å². The maximum absolute atomic E-state index is 13.0. The predicted octanol–water partition coefficient (Wildman–Crippen LogP) is 5.05. The van der Waals surface area contributed by atoms with Gasteiger partial charge >= 0.3 is 0 Å². The van der Waals surface area contributed by atoms with Crippen LogP contribution in [0.3, 0.4) is 0 Å². The lowest BCUT2D eigenvalue weighted by Crippen LogP contribution is -2.22. The minimum atomic E-state index is -0.732. The molecule has 0 aromatic heterocycles. The van der Waals surface area contributed by atoms with Gasteiger partial charge in [0, 0.05) is 29.9 Å². The second-order valence-corrected chi connectivity index (χ2v) is 8.47. The van der Waals surface area contributed by atoms with E-state index in [-0.39, 0.29) is 11.6 Å². The monoisotopic (exact) mass is 440 g/mol. The van der Waals surface area contributed by atoms with Gasteiger partial charge < -0.3 is 5.32 Å². The normalized spacial score (nSPS) is 18.2. The average Bonchev–Trinajstić information content (AvgIpc) is 3.44. The summed E-state index contributed by atoms with van der Waals surface area (Å²) in [5.74, 6) is -0.967. The van der Waals surface area contributed by atoms with Crippen molar-refractivity contribution in [1.29, 1.82) is 0 Å². The standard InChI is InChI=1S/C26H24N4O3/c31-26-24(22-16-21(30(32)33)11-12-23(22)28-26)25(19-8-2-1-3-9-19)27-20-10-6-7-18(15-20)17-29-13-4-5-14-29/h1-3,6-12,15-16,24H,4-5,13-14,17H2,(H,28,31). The molecule has 2 aliphatic heterocycles. The van der Waals surface area contributed by atoms with Crippen LogP contribution in [0.25, 0.3) is 0 Å². The summed E-state index contributed by atoms with van der Waals surface area (Å²) in [5, 5.41) is 14.2. The number of hydrogen-bond acceptors (Lipinski definition) is 5. The molecule has 5 rings (SSSR count). The average molecular weight is 441 g/mol. The second-order valence-electron chi connectivity index (χ2n) is 8.47. The Kier molecular flexibility index (Phi) is 5.71. The first-order chi connectivity index (χ1) is 16.1. The predicted molar refractivity (Wildman–Crippen MR) is 128 cm³/mol. The Morgan fingerprint density at radius 1 is 1.03 bits per heavy atom. The highest BCUT2D eigenvalue weighted by Gasteiger charge is 2.36. The van der Waals surface area contributed by atoms with E-state index in [2.05, 4.69) is 22.3 Å². The SMILES string of the molecule is O=C1Nc2ccc([N+](=O)[O-])cc2C1C(=Nc1cccc(CN2CCCC2)c1)c1ccccc1. The summed E-state index contributed by atoms with van der Waals surface area (Å²) in [6.45, 7) is 3.10. The van der Waals surface area contributed by atoms with Crippen LogP contribution < -0.4 is 5.32 Å². The van der Waals surface area contributed by atoms with Crippen molar-refractivity contribution in [3.8, 4) is 0 Å². The van der Waals surface area contributed by atoms with Crippen LogP contribution in [0.2, 0.25) is 0 Å². The van der Waals surface area contributed by atoms with Crippen LogP contribution in [0.15, 0.2) is 77.8 Å². The zero-order valence-electron chi connectivity index (χ0n) is 18.1. The largest absolute Gasteiger partial charge is 0.325 e. The maximum Gasteiger partial charge on any atom is 0.269 e. The number of aliphatic imine (C=N–C) groups is 1. The summed E-state index contributed by atoms with van der Waals surface area (Å²) in [6.07, 6.45) is 2.47. The summed E-state index contributed by atoms with van der Waals surface area (Å²) in [7, 11) is 0. The summed E-state index contributed by atoms with van der Waals surface area (Å²) in [4.78, 5) is 31.3. The number of amides is 1. The lowest BCUT2D eigenvalue weighted by atomic mass is 9.90. The maximum atomic E-state index is 13.0. The molecule has 2 aliphatic rings. The summed E-state index contributed by atoms with van der Waals surface area (Å²) in [5.41, 5.74) is 4.43. The third-order valence-corrected chi connectivity index (χ3v) is 6.19. The number of carbonyl (C=O) groups excluding carboxylic acids is 1. The molecule has 166 valence electrons. The first kappa shape index (κ1) is 21.0. The third-order valence-electron chi connectivity index (χ3n) is 6.19. The minimum absolute atomic E-state index is 0.0460. The van der Waals surface area contributed by atoms with Gasteiger partial charge in [-0.2, -0.15) is 0 Å². The van der Waals surface area contributed by atoms with E-state index in [9.17, 15) is 14.9 Å². The first-order valence-corrected chi connectivity index (χ1v) is 11.1. The van der Waals surface area contributed by atoms with Crippen LogP contribution in [-0.2, 0) is 11.3 Å². The number of non-ortho nitro benzene ring substituents is 1. The van der Waals surface area contributed by atoms with Crippen molar-refractivity contribution >= 4 is 28.7 Å². The summed E-state index contributed by atoms with van der Waals surface area (Å²) < 4.78 is 0. The Balaban J connectivity index is 1.57. The van der Waals surface area contributed by atoms with Gasteiger partial charge in [0.15, 0.2) is 0 Å². The van der Waals surface area contributed by atoms with Gasteiger partial charge in [0.1, 0.15) is 5.92 Å². The molecule has 2 heterocycles. The molecular weight excluding hydrogens is 416 g/mol. The Bertz CT molecular complexity index is 1230. The van der Waals surface area contributed by atoms with E-state index >= 15 is 0 Å². The number of anilines is 1. The Morgan fingerprint density at radius 2 is 1.82 bits per heavy atom. The number of carbonyl (C=O) groups is 1. The number of fused-ring (bicyclic) bond motifs is 1. The van der Waals surface area contributed by atoms with Crippen molar-refractivity contribution in [3.63, 3.8) is 0 Å². The molecule has 1 N–H and O–H groups in total. The Labute approximate surface area is 191 Å². The molecular formula is C26H24N4O3. The number of nitro benzene ring substituents is 1. The van der Waals surface area contributed by atoms with Crippen molar-refractivity contribution in [1.82, 2.24) is 4.90 Å². The number of nitrogens with one attached hydrogen (secondary N) is 1. The van der Waals surface area contributed by atoms with Crippen molar-refractivity contribution in [2.24, 2.45) is 4.99 Å². The van der Waals surface area contributed by atoms with Crippen molar-refractivity contribution in [3.05, 3.63) is 99.6 Å². The highest BCUT2D eigenvalue weighted by atomic mass is 16.6. The summed E-state index contributed by atoms with van der Waals surface area (Å²) in [6, 6.07) is 22.1. The fourth-order valence-electron chi connectivity index (χ4n) is 4.60. The summed E-state index contributed by atoms with van der Waals surface area (Å²) >= 11 is 0. The number of nitrogens with zero attached hydrogens (tertiary/aromatic N) is 3. The van der Waals surface area contributed by atoms with E-state index in [1.54, 1.807) is 6.07 Å². The molecule has 7 heteroatoms. The van der Waals surface area contributed by atoms with Gasteiger partial charge in [-0.05, 0) is 55.3 Å². The smallest absolute Gasteiger partial charge is 0.269 e. The third kappa shape index (κ3) is 4.40. The Hall–Kier alpha value is -3.84. The molecule has 0 saturated carbocycles. The molecule has 0 aliphatic carbocycles. The van der Waals surface area contributed by atoms with E-state index in [1.807, 2.05) is 42.5 Å². The highest BCUT2D eigenvalue weighted by Crippen LogP contribution is 2.38. The molecule has 0 bridgehead atoms. The van der Waals surface area contributed by atoms with Crippen LogP contribution in [0, 0.1) is 10.1 Å². The zero-order chi connectivity index (χ0) is 22.8. The zero-order valence-corrected chi connectivity index (χ0v) is 18.1. The van der Waals surface area contributed by atoms with Crippen LogP contribution in [0.5, 0.6) is 0 Å². The second kappa shape index (κ2) is 8.96. The van der Waals surface area contributed by atoms with Crippen LogP contribution in [-0.4, -0.2) is 34.5 Å². The van der Waals surface area contributed by atoms with E-state index in [0.717, 1.165) is 30.9 Å². The minimum Gasteiger partial charge on any atom is -0.325 e. The van der Waals surface area contributed by atoms with Gasteiger partial charge in [-0.3, -0.25) is 24.8 Å². The van der Waals surface area contributed by atoms with Gasteiger partial charge in [0.05, 0.1) is 16.3 Å². The van der Waals surface area contributed by atoms with Crippen molar-refractivity contribution in [2.75, 3.05) is 18.4 Å². The van der Waals surface area contributed by atoms with Gasteiger partial charge in [-0.25, -0.2) is 0 Å². The number of likely N-dealkylation sites (tertiary alicyclic amines) is 1. The molecule has 3 aromatic carbocycles. The van der Waals surface area contributed by atoms with Crippen LogP contribution in [0.1, 0.15) is 35.4 Å². The molecule has 1 atom stereocenters. The number of nitro groups is 1. The lowest BCUT2D eigenvalue weighted by Gasteiger charge is -2.16. The molecule has 3 aromatic rings. The highest BCUT2D eigenvalue weighted by molar-refractivity contribution is 6.24. The van der Waals surface area contributed by atoms with Gasteiger partial charge in [0.2, 0.25) is 5.91 Å². The van der Waals surface area contributed by atoms with Gasteiger partial charge in [0.25, 0.3) is 5.69 Å². The molecule has 1 fully saturated rings. The molecule has 1 amide bonds. The number of rotatable bonds is 6. The van der Waals surface area contributed by atoms with Gasteiger partial charge in [-0.1, -0.05) is 42.5 Å². The molecule has 0 spiro atoms. The quantitative estimate of drug-likeness (QED) is 0.330. The number of hydrogen-bond donors (Lipinski definition) is 1. The fourth-order valence-corrected chi connectivity index (χ4v) is 4.60. The first-order valence-electron chi connectivity index (χ1n) is 11.1. The topological polar surface area (TPSA) is 87.8 Å². The molecule has 33 heavy (non-hydrogen) atoms. The lowest BCUT2D eigenvalue weighted by molar-refractivity contribution is -0.384. The van der Waals surface area contributed by atoms with Crippen LogP contribution in [0.4, 0.5) is 17.1 Å². The van der Waals surface area contributed by atoms with Crippen molar-refractivity contribution < 1.29 is 9.72 Å². The van der Waals surface area contributed by atoms with E-state index in [4.69, 9.17) is 4.99 Å². The van der Waals surface area contributed by atoms with E-state index in [0.29, 0.717) is 17.0 Å². The Morgan fingerprint density at radius 3 is 2.58 bits per heavy atom. The fraction of sp³-hybridized carbons (Fsp3) is 0.231. The number of benzene rings is 3.